The minimum absolute atomic E-state index is 0. The van der Waals surface area contributed by atoms with E-state index in [9.17, 15) is 4.39 Å². The quantitative estimate of drug-likeness (QED) is 0.398. The molecule has 146 valence electrons. The fourth-order valence-electron chi connectivity index (χ4n) is 3.64. The van der Waals surface area contributed by atoms with E-state index in [0.717, 1.165) is 32.0 Å². The maximum atomic E-state index is 13.8. The van der Waals surface area contributed by atoms with Crippen molar-refractivity contribution in [2.75, 3.05) is 19.6 Å². The first-order valence-corrected chi connectivity index (χ1v) is 9.36. The van der Waals surface area contributed by atoms with E-state index in [-0.39, 0.29) is 36.3 Å². The number of guanidine groups is 1. The van der Waals surface area contributed by atoms with Gasteiger partial charge in [-0.2, -0.15) is 0 Å². The third-order valence-electron chi connectivity index (χ3n) is 4.98. The summed E-state index contributed by atoms with van der Waals surface area (Å²) in [6, 6.07) is 13.8. The minimum Gasteiger partial charge on any atom is -0.357 e. The lowest BCUT2D eigenvalue weighted by atomic mass is 9.82. The predicted molar refractivity (Wildman–Crippen MR) is 119 cm³/mol. The number of aromatic nitrogens is 1. The number of halogens is 2. The van der Waals surface area contributed by atoms with Crippen molar-refractivity contribution in [1.29, 1.82) is 0 Å². The Kier molecular flexibility index (Phi) is 8.47. The summed E-state index contributed by atoms with van der Waals surface area (Å²) in [5.74, 6) is 1.64. The minimum atomic E-state index is -0.303. The van der Waals surface area contributed by atoms with Crippen molar-refractivity contribution < 1.29 is 4.39 Å². The summed E-state index contributed by atoms with van der Waals surface area (Å²) in [5, 5.41) is 3.34. The molecule has 2 atom stereocenters. The number of aliphatic imine (C=N–C) groups is 1. The van der Waals surface area contributed by atoms with Gasteiger partial charge in [0.25, 0.3) is 0 Å². The highest BCUT2D eigenvalue weighted by Gasteiger charge is 2.28. The van der Waals surface area contributed by atoms with Crippen LogP contribution in [0.3, 0.4) is 0 Å². The summed E-state index contributed by atoms with van der Waals surface area (Å²) < 4.78 is 13.8. The summed E-state index contributed by atoms with van der Waals surface area (Å²) >= 11 is 0. The molecule has 0 radical (unpaired) electrons. The topological polar surface area (TPSA) is 40.5 Å². The lowest BCUT2D eigenvalue weighted by molar-refractivity contribution is 0.234. The molecule has 0 amide bonds. The Bertz CT molecular complexity index is 738. The summed E-state index contributed by atoms with van der Waals surface area (Å²) in [7, 11) is 0. The van der Waals surface area contributed by atoms with Crippen molar-refractivity contribution in [3.05, 3.63) is 65.7 Å². The van der Waals surface area contributed by atoms with Gasteiger partial charge in [0.05, 0.1) is 12.2 Å². The van der Waals surface area contributed by atoms with Crippen LogP contribution < -0.4 is 5.32 Å². The molecule has 4 nitrogen and oxygen atoms in total. The smallest absolute Gasteiger partial charge is 0.194 e. The Labute approximate surface area is 178 Å². The number of nitrogens with one attached hydrogen (secondary N) is 1. The van der Waals surface area contributed by atoms with Gasteiger partial charge in [0, 0.05) is 25.8 Å². The predicted octanol–water partition coefficient (Wildman–Crippen LogP) is 4.43. The van der Waals surface area contributed by atoms with Gasteiger partial charge in [0.15, 0.2) is 5.96 Å². The summed E-state index contributed by atoms with van der Waals surface area (Å²) in [4.78, 5) is 11.0. The largest absolute Gasteiger partial charge is 0.357 e. The van der Waals surface area contributed by atoms with E-state index in [4.69, 9.17) is 0 Å². The van der Waals surface area contributed by atoms with Crippen LogP contribution in [0.5, 0.6) is 0 Å². The maximum Gasteiger partial charge on any atom is 0.194 e. The van der Waals surface area contributed by atoms with E-state index < -0.39 is 0 Å². The molecule has 6 heteroatoms. The van der Waals surface area contributed by atoms with Crippen molar-refractivity contribution in [1.82, 2.24) is 15.2 Å². The van der Waals surface area contributed by atoms with Crippen molar-refractivity contribution >= 4 is 29.9 Å². The SMILES string of the molecule is CCNC(=NCc1ncccc1F)N1CCC(c2ccccc2)C(C)C1.I. The Morgan fingerprint density at radius 2 is 2.04 bits per heavy atom. The lowest BCUT2D eigenvalue weighted by Gasteiger charge is -2.39. The first-order valence-electron chi connectivity index (χ1n) is 9.36. The Balaban J connectivity index is 0.00000261. The van der Waals surface area contributed by atoms with Crippen molar-refractivity contribution in [3.8, 4) is 0 Å². The molecule has 1 aliphatic heterocycles. The molecule has 0 bridgehead atoms. The number of piperidine rings is 1. The second kappa shape index (κ2) is 10.6. The van der Waals surface area contributed by atoms with Gasteiger partial charge in [0.1, 0.15) is 5.82 Å². The fourth-order valence-corrected chi connectivity index (χ4v) is 3.64. The van der Waals surface area contributed by atoms with Gasteiger partial charge in [-0.1, -0.05) is 37.3 Å². The number of nitrogens with zero attached hydrogens (tertiary/aromatic N) is 3. The number of rotatable bonds is 4. The normalized spacial score (nSPS) is 20.1. The zero-order valence-electron chi connectivity index (χ0n) is 15.9. The number of likely N-dealkylation sites (tertiary alicyclic amines) is 1. The standard InChI is InChI=1S/C21H27FN4.HI/c1-3-23-21(25-14-20-19(22)10-7-12-24-20)26-13-11-18(16(2)15-26)17-8-5-4-6-9-17;/h4-10,12,16,18H,3,11,13-15H2,1-2H3,(H,23,25);1H. The Morgan fingerprint density at radius 1 is 1.26 bits per heavy atom. The average molecular weight is 482 g/mol. The molecular formula is C21H28FIN4. The summed E-state index contributed by atoms with van der Waals surface area (Å²) in [6.07, 6.45) is 2.70. The molecule has 1 aliphatic rings. The summed E-state index contributed by atoms with van der Waals surface area (Å²) in [6.45, 7) is 7.28. The molecule has 0 aliphatic carbocycles. The zero-order chi connectivity index (χ0) is 18.4. The van der Waals surface area contributed by atoms with Crippen LogP contribution in [0.2, 0.25) is 0 Å². The van der Waals surface area contributed by atoms with E-state index in [2.05, 4.69) is 64.4 Å². The van der Waals surface area contributed by atoms with Crippen molar-refractivity contribution in [2.45, 2.75) is 32.7 Å². The van der Waals surface area contributed by atoms with Crippen LogP contribution in [0, 0.1) is 11.7 Å². The molecule has 27 heavy (non-hydrogen) atoms. The molecule has 0 saturated carbocycles. The Hall–Kier alpha value is -1.70. The van der Waals surface area contributed by atoms with Crippen LogP contribution in [0.25, 0.3) is 0 Å². The van der Waals surface area contributed by atoms with Crippen LogP contribution in [-0.2, 0) is 6.54 Å². The fraction of sp³-hybridized carbons (Fsp3) is 0.429. The number of pyridine rings is 1. The second-order valence-corrected chi connectivity index (χ2v) is 6.83. The molecule has 1 saturated heterocycles. The molecule has 1 fully saturated rings. The first-order chi connectivity index (χ1) is 12.7. The molecule has 3 rings (SSSR count). The van der Waals surface area contributed by atoms with E-state index in [1.807, 2.05) is 0 Å². The number of benzene rings is 1. The van der Waals surface area contributed by atoms with Crippen LogP contribution in [-0.4, -0.2) is 35.5 Å². The number of hydrogen-bond acceptors (Lipinski definition) is 2. The van der Waals surface area contributed by atoms with Crippen molar-refractivity contribution in [3.63, 3.8) is 0 Å². The maximum absolute atomic E-state index is 13.8. The van der Waals surface area contributed by atoms with Crippen LogP contribution in [0.1, 0.15) is 37.4 Å². The van der Waals surface area contributed by atoms with E-state index in [0.29, 0.717) is 17.5 Å². The van der Waals surface area contributed by atoms with Crippen LogP contribution in [0.15, 0.2) is 53.7 Å². The molecule has 1 N–H and O–H groups in total. The average Bonchev–Trinajstić information content (AvgIpc) is 2.67. The zero-order valence-corrected chi connectivity index (χ0v) is 18.3. The van der Waals surface area contributed by atoms with Gasteiger partial charge < -0.3 is 10.2 Å². The third kappa shape index (κ3) is 5.64. The third-order valence-corrected chi connectivity index (χ3v) is 4.98. The molecule has 1 aromatic heterocycles. The number of hydrogen-bond donors (Lipinski definition) is 1. The van der Waals surface area contributed by atoms with Gasteiger partial charge >= 0.3 is 0 Å². The molecule has 1 aromatic carbocycles. The highest BCUT2D eigenvalue weighted by atomic mass is 127. The Morgan fingerprint density at radius 3 is 2.70 bits per heavy atom. The molecular weight excluding hydrogens is 454 g/mol. The second-order valence-electron chi connectivity index (χ2n) is 6.83. The molecule has 2 aromatic rings. The van der Waals surface area contributed by atoms with E-state index in [1.54, 1.807) is 12.3 Å². The van der Waals surface area contributed by atoms with Crippen LogP contribution in [0.4, 0.5) is 4.39 Å². The van der Waals surface area contributed by atoms with Gasteiger partial charge in [-0.25, -0.2) is 9.38 Å². The van der Waals surface area contributed by atoms with Crippen molar-refractivity contribution in [2.24, 2.45) is 10.9 Å². The highest BCUT2D eigenvalue weighted by Crippen LogP contribution is 2.32. The molecule has 2 unspecified atom stereocenters. The van der Waals surface area contributed by atoms with Gasteiger partial charge in [-0.05, 0) is 42.9 Å². The lowest BCUT2D eigenvalue weighted by Crippen LogP contribution is -2.48. The highest BCUT2D eigenvalue weighted by molar-refractivity contribution is 14.0. The molecule has 0 spiro atoms. The van der Waals surface area contributed by atoms with Crippen LogP contribution >= 0.6 is 24.0 Å². The van der Waals surface area contributed by atoms with E-state index >= 15 is 0 Å². The monoisotopic (exact) mass is 482 g/mol. The summed E-state index contributed by atoms with van der Waals surface area (Å²) in [5.41, 5.74) is 1.80. The first kappa shape index (κ1) is 21.6. The van der Waals surface area contributed by atoms with Gasteiger partial charge in [-0.15, -0.1) is 24.0 Å². The van der Waals surface area contributed by atoms with Gasteiger partial charge in [-0.3, -0.25) is 4.98 Å². The van der Waals surface area contributed by atoms with E-state index in [1.165, 1.54) is 11.6 Å². The molecule has 2 heterocycles. The van der Waals surface area contributed by atoms with Gasteiger partial charge in [0.2, 0.25) is 0 Å².